The fourth-order valence-corrected chi connectivity index (χ4v) is 1.83. The van der Waals surface area contributed by atoms with E-state index in [9.17, 15) is 4.79 Å². The van der Waals surface area contributed by atoms with Crippen LogP contribution in [-0.4, -0.2) is 19.3 Å². The average molecular weight is 304 g/mol. The number of nitrogens with zero attached hydrogens (tertiary/aromatic N) is 1. The summed E-state index contributed by atoms with van der Waals surface area (Å²) in [5, 5.41) is 4.52. The van der Waals surface area contributed by atoms with E-state index in [2.05, 4.69) is 9.89 Å². The van der Waals surface area contributed by atoms with Gasteiger partial charge in [-0.1, -0.05) is 47.1 Å². The third kappa shape index (κ3) is 4.33. The highest BCUT2D eigenvalue weighted by molar-refractivity contribution is 6.31. The Balaban J connectivity index is 1.90. The number of benzene rings is 2. The molecule has 0 aromatic heterocycles. The summed E-state index contributed by atoms with van der Waals surface area (Å²) in [5.41, 5.74) is 2.19. The topological polar surface area (TPSA) is 47.9 Å². The Kier molecular flexibility index (Phi) is 5.35. The first-order valence-electron chi connectivity index (χ1n) is 6.28. The minimum atomic E-state index is -0.367. The maximum absolute atomic E-state index is 11.3. The molecule has 21 heavy (non-hydrogen) atoms. The summed E-state index contributed by atoms with van der Waals surface area (Å²) in [6.07, 6.45) is 1.57. The number of carbonyl (C=O) groups is 1. The number of oxime groups is 1. The number of esters is 1. The van der Waals surface area contributed by atoms with Crippen LogP contribution >= 0.6 is 11.6 Å². The highest BCUT2D eigenvalue weighted by Crippen LogP contribution is 2.15. The molecular formula is C16H14ClNO3. The minimum absolute atomic E-state index is 0.302. The third-order valence-corrected chi connectivity index (χ3v) is 3.15. The molecule has 0 aliphatic heterocycles. The summed E-state index contributed by atoms with van der Waals surface area (Å²) >= 11 is 6.01. The predicted molar refractivity (Wildman–Crippen MR) is 81.6 cm³/mol. The molecule has 0 saturated carbocycles. The van der Waals surface area contributed by atoms with Crippen molar-refractivity contribution >= 4 is 23.8 Å². The molecule has 2 rings (SSSR count). The minimum Gasteiger partial charge on any atom is -0.465 e. The Bertz CT molecular complexity index is 638. The monoisotopic (exact) mass is 303 g/mol. The van der Waals surface area contributed by atoms with Crippen LogP contribution in [-0.2, 0) is 16.2 Å². The van der Waals surface area contributed by atoms with E-state index in [4.69, 9.17) is 16.4 Å². The Morgan fingerprint density at radius 1 is 1.19 bits per heavy atom. The molecule has 0 atom stereocenters. The van der Waals surface area contributed by atoms with Gasteiger partial charge < -0.3 is 9.57 Å². The second kappa shape index (κ2) is 7.45. The summed E-state index contributed by atoms with van der Waals surface area (Å²) in [5.74, 6) is -0.367. The van der Waals surface area contributed by atoms with Crippen LogP contribution in [0, 0.1) is 0 Å². The average Bonchev–Trinajstić information content (AvgIpc) is 2.53. The van der Waals surface area contributed by atoms with Gasteiger partial charge in [-0.15, -0.1) is 0 Å². The first-order chi connectivity index (χ1) is 10.2. The lowest BCUT2D eigenvalue weighted by molar-refractivity contribution is 0.0601. The fourth-order valence-electron chi connectivity index (χ4n) is 1.64. The van der Waals surface area contributed by atoms with Crippen LogP contribution < -0.4 is 0 Å². The molecule has 0 radical (unpaired) electrons. The number of ether oxygens (including phenoxy) is 1. The van der Waals surface area contributed by atoms with Crippen LogP contribution in [0.15, 0.2) is 53.7 Å². The molecule has 0 fully saturated rings. The van der Waals surface area contributed by atoms with Crippen molar-refractivity contribution in [3.8, 4) is 0 Å². The Labute approximate surface area is 127 Å². The molecule has 0 saturated heterocycles. The van der Waals surface area contributed by atoms with E-state index in [1.54, 1.807) is 36.5 Å². The molecule has 0 heterocycles. The molecular weight excluding hydrogens is 290 g/mol. The summed E-state index contributed by atoms with van der Waals surface area (Å²) in [7, 11) is 1.35. The highest BCUT2D eigenvalue weighted by Gasteiger charge is 2.03. The van der Waals surface area contributed by atoms with E-state index in [1.807, 2.05) is 18.2 Å². The van der Waals surface area contributed by atoms with E-state index in [1.165, 1.54) is 7.11 Å². The SMILES string of the molecule is COC(=O)c1ccc(/C=N/OCc2ccccc2Cl)cc1. The van der Waals surface area contributed by atoms with Crippen molar-refractivity contribution in [1.82, 2.24) is 0 Å². The number of hydrogen-bond donors (Lipinski definition) is 0. The van der Waals surface area contributed by atoms with Crippen LogP contribution in [0.5, 0.6) is 0 Å². The largest absolute Gasteiger partial charge is 0.465 e. The normalized spacial score (nSPS) is 10.6. The van der Waals surface area contributed by atoms with Gasteiger partial charge in [-0.25, -0.2) is 4.79 Å². The van der Waals surface area contributed by atoms with E-state index in [-0.39, 0.29) is 5.97 Å². The summed E-state index contributed by atoms with van der Waals surface area (Å²) in [4.78, 5) is 16.5. The number of carbonyl (C=O) groups excluding carboxylic acids is 1. The standard InChI is InChI=1S/C16H14ClNO3/c1-20-16(19)13-8-6-12(7-9-13)10-18-21-11-14-4-2-3-5-15(14)17/h2-10H,11H2,1H3/b18-10+. The van der Waals surface area contributed by atoms with E-state index >= 15 is 0 Å². The lowest BCUT2D eigenvalue weighted by Crippen LogP contribution is -2.00. The summed E-state index contributed by atoms with van der Waals surface area (Å²) in [6.45, 7) is 0.302. The molecule has 0 aliphatic rings. The maximum Gasteiger partial charge on any atom is 0.337 e. The second-order valence-corrected chi connectivity index (χ2v) is 4.62. The molecule has 0 bridgehead atoms. The molecule has 2 aromatic rings. The molecule has 5 heteroatoms. The van der Waals surface area contributed by atoms with Crippen LogP contribution in [0.2, 0.25) is 5.02 Å². The molecule has 108 valence electrons. The molecule has 0 aliphatic carbocycles. The van der Waals surface area contributed by atoms with Gasteiger partial charge in [-0.05, 0) is 23.8 Å². The van der Waals surface area contributed by atoms with Crippen molar-refractivity contribution < 1.29 is 14.4 Å². The van der Waals surface area contributed by atoms with Gasteiger partial charge in [0.05, 0.1) is 18.9 Å². The van der Waals surface area contributed by atoms with Gasteiger partial charge in [0.1, 0.15) is 6.61 Å². The molecule has 0 unspecified atom stereocenters. The molecule has 0 N–H and O–H groups in total. The second-order valence-electron chi connectivity index (χ2n) is 4.21. The van der Waals surface area contributed by atoms with Gasteiger partial charge in [0.25, 0.3) is 0 Å². The third-order valence-electron chi connectivity index (χ3n) is 2.79. The lowest BCUT2D eigenvalue weighted by atomic mass is 10.1. The van der Waals surface area contributed by atoms with Crippen molar-refractivity contribution in [2.75, 3.05) is 7.11 Å². The fraction of sp³-hybridized carbons (Fsp3) is 0.125. The zero-order valence-corrected chi connectivity index (χ0v) is 12.2. The molecule has 0 amide bonds. The maximum atomic E-state index is 11.3. The van der Waals surface area contributed by atoms with Crippen LogP contribution in [0.1, 0.15) is 21.5 Å². The van der Waals surface area contributed by atoms with Crippen molar-refractivity contribution in [3.63, 3.8) is 0 Å². The van der Waals surface area contributed by atoms with Crippen molar-refractivity contribution in [3.05, 3.63) is 70.2 Å². The Morgan fingerprint density at radius 2 is 1.90 bits per heavy atom. The van der Waals surface area contributed by atoms with Crippen LogP contribution in [0.3, 0.4) is 0 Å². The number of halogens is 1. The quantitative estimate of drug-likeness (QED) is 0.481. The van der Waals surface area contributed by atoms with Gasteiger partial charge in [0.15, 0.2) is 0 Å². The Hall–Kier alpha value is -2.33. The number of rotatable bonds is 5. The molecule has 4 nitrogen and oxygen atoms in total. The van der Waals surface area contributed by atoms with Crippen molar-refractivity contribution in [2.45, 2.75) is 6.61 Å². The van der Waals surface area contributed by atoms with Gasteiger partial charge in [0, 0.05) is 10.6 Å². The Morgan fingerprint density at radius 3 is 2.57 bits per heavy atom. The smallest absolute Gasteiger partial charge is 0.337 e. The van der Waals surface area contributed by atoms with E-state index in [0.29, 0.717) is 17.2 Å². The van der Waals surface area contributed by atoms with Gasteiger partial charge in [0.2, 0.25) is 0 Å². The zero-order chi connectivity index (χ0) is 15.1. The number of hydrogen-bond acceptors (Lipinski definition) is 4. The first-order valence-corrected chi connectivity index (χ1v) is 6.65. The van der Waals surface area contributed by atoms with Crippen LogP contribution in [0.25, 0.3) is 0 Å². The predicted octanol–water partition coefficient (Wildman–Crippen LogP) is 3.68. The number of methoxy groups -OCH3 is 1. The van der Waals surface area contributed by atoms with E-state index in [0.717, 1.165) is 11.1 Å². The lowest BCUT2D eigenvalue weighted by Gasteiger charge is -2.02. The highest BCUT2D eigenvalue weighted by atomic mass is 35.5. The van der Waals surface area contributed by atoms with Gasteiger partial charge >= 0.3 is 5.97 Å². The van der Waals surface area contributed by atoms with E-state index < -0.39 is 0 Å². The van der Waals surface area contributed by atoms with Crippen LogP contribution in [0.4, 0.5) is 0 Å². The summed E-state index contributed by atoms with van der Waals surface area (Å²) in [6, 6.07) is 14.3. The summed E-state index contributed by atoms with van der Waals surface area (Å²) < 4.78 is 4.63. The molecule has 2 aromatic carbocycles. The first kappa shape index (κ1) is 15.1. The van der Waals surface area contributed by atoms with Gasteiger partial charge in [-0.3, -0.25) is 0 Å². The van der Waals surface area contributed by atoms with Gasteiger partial charge in [-0.2, -0.15) is 0 Å². The molecule has 0 spiro atoms. The zero-order valence-electron chi connectivity index (χ0n) is 11.5. The van der Waals surface area contributed by atoms with Crippen molar-refractivity contribution in [1.29, 1.82) is 0 Å². The van der Waals surface area contributed by atoms with Crippen molar-refractivity contribution in [2.24, 2.45) is 5.16 Å².